The summed E-state index contributed by atoms with van der Waals surface area (Å²) in [6.07, 6.45) is 69.6. The van der Waals surface area contributed by atoms with E-state index < -0.39 is 6.10 Å². The summed E-state index contributed by atoms with van der Waals surface area (Å²) in [5.41, 5.74) is 0. The molecule has 0 fully saturated rings. The van der Waals surface area contributed by atoms with Gasteiger partial charge in [-0.05, 0) is 122 Å². The summed E-state index contributed by atoms with van der Waals surface area (Å²) in [4.78, 5) is 38.0. The van der Waals surface area contributed by atoms with Crippen molar-refractivity contribution in [2.75, 3.05) is 13.2 Å². The quantitative estimate of drug-likeness (QED) is 0.0262. The average Bonchev–Trinajstić information content (AvgIpc) is 3.30. The molecule has 65 heavy (non-hydrogen) atoms. The highest BCUT2D eigenvalue weighted by Gasteiger charge is 2.19. The molecule has 0 aliphatic heterocycles. The van der Waals surface area contributed by atoms with Gasteiger partial charge >= 0.3 is 17.9 Å². The van der Waals surface area contributed by atoms with E-state index in [4.69, 9.17) is 14.2 Å². The highest BCUT2D eigenvalue weighted by atomic mass is 16.6. The predicted molar refractivity (Wildman–Crippen MR) is 279 cm³/mol. The molecule has 0 heterocycles. The number of hydrogen-bond donors (Lipinski definition) is 0. The standard InChI is InChI=1S/C59H98O6/c1-4-7-10-13-16-19-22-25-28-31-34-37-40-43-46-49-52-58(61)64-55-56(54-63-57(60)51-48-45-42-39-36-33-30-27-24-21-18-15-12-9-6-3)65-59(62)53-50-47-44-41-38-35-32-29-26-23-20-17-14-11-8-5-2/h9,12,18-23,27-32,36,39,56H,4-8,10-11,13-17,24-26,33-35,37-38,40-55H2,1-3H3/b12-9-,21-18-,22-19-,23-20-,30-27-,31-28-,32-29-,39-36-. The molecule has 6 nitrogen and oxygen atoms in total. The van der Waals surface area contributed by atoms with E-state index in [0.717, 1.165) is 135 Å². The molecule has 0 radical (unpaired) electrons. The molecule has 0 saturated heterocycles. The van der Waals surface area contributed by atoms with Crippen molar-refractivity contribution in [2.45, 2.75) is 245 Å². The molecule has 0 aromatic rings. The first-order valence-corrected chi connectivity index (χ1v) is 26.7. The third kappa shape index (κ3) is 51.2. The first-order chi connectivity index (χ1) is 32.0. The van der Waals surface area contributed by atoms with Crippen molar-refractivity contribution in [3.8, 4) is 0 Å². The van der Waals surface area contributed by atoms with Gasteiger partial charge in [-0.3, -0.25) is 14.4 Å². The minimum absolute atomic E-state index is 0.105. The maximum atomic E-state index is 12.8. The van der Waals surface area contributed by atoms with Crippen molar-refractivity contribution in [3.05, 3.63) is 97.2 Å². The van der Waals surface area contributed by atoms with E-state index in [1.54, 1.807) is 0 Å². The fourth-order valence-corrected chi connectivity index (χ4v) is 7.02. The number of hydrogen-bond acceptors (Lipinski definition) is 6. The average molecular weight is 903 g/mol. The molecule has 0 rings (SSSR count). The zero-order chi connectivity index (χ0) is 47.2. The number of rotatable bonds is 47. The molecule has 1 unspecified atom stereocenters. The monoisotopic (exact) mass is 903 g/mol. The Hall–Kier alpha value is -3.67. The van der Waals surface area contributed by atoms with Crippen LogP contribution in [0.4, 0.5) is 0 Å². The van der Waals surface area contributed by atoms with Crippen LogP contribution in [0, 0.1) is 0 Å². The Bertz CT molecular complexity index is 1310. The van der Waals surface area contributed by atoms with Crippen LogP contribution < -0.4 is 0 Å². The van der Waals surface area contributed by atoms with Crippen LogP contribution in [0.15, 0.2) is 97.2 Å². The van der Waals surface area contributed by atoms with Crippen LogP contribution in [0.1, 0.15) is 239 Å². The number of ether oxygens (including phenoxy) is 3. The Morgan fingerprint density at radius 2 is 0.600 bits per heavy atom. The van der Waals surface area contributed by atoms with Gasteiger partial charge in [-0.15, -0.1) is 0 Å². The van der Waals surface area contributed by atoms with E-state index >= 15 is 0 Å². The lowest BCUT2D eigenvalue weighted by Gasteiger charge is -2.18. The van der Waals surface area contributed by atoms with Gasteiger partial charge < -0.3 is 14.2 Å². The van der Waals surface area contributed by atoms with Gasteiger partial charge in [-0.2, -0.15) is 0 Å². The van der Waals surface area contributed by atoms with Gasteiger partial charge in [0.2, 0.25) is 0 Å². The molecule has 0 aromatic carbocycles. The SMILES string of the molecule is CC/C=C\C/C=C\C/C=C\C/C=C\CCCCC(=O)OCC(COC(=O)CCCCCCC/C=C\C/C=C\CCCCCC)OC(=O)CCCCCCC/C=C\C/C=C\CCCCCC. The zero-order valence-electron chi connectivity index (χ0n) is 42.2. The minimum atomic E-state index is -0.809. The maximum absolute atomic E-state index is 12.8. The van der Waals surface area contributed by atoms with Gasteiger partial charge in [0, 0.05) is 19.3 Å². The van der Waals surface area contributed by atoms with E-state index in [1.165, 1.54) is 64.2 Å². The van der Waals surface area contributed by atoms with Crippen LogP contribution in [-0.4, -0.2) is 37.2 Å². The van der Waals surface area contributed by atoms with Gasteiger partial charge in [0.1, 0.15) is 13.2 Å². The van der Waals surface area contributed by atoms with E-state index in [2.05, 4.69) is 118 Å². The van der Waals surface area contributed by atoms with Crippen LogP contribution in [0.25, 0.3) is 0 Å². The summed E-state index contributed by atoms with van der Waals surface area (Å²) in [5, 5.41) is 0. The Labute approximate surface area is 400 Å². The third-order valence-corrected chi connectivity index (χ3v) is 11.0. The molecule has 370 valence electrons. The number of carbonyl (C=O) groups excluding carboxylic acids is 3. The number of unbranched alkanes of at least 4 members (excludes halogenated alkanes) is 20. The minimum Gasteiger partial charge on any atom is -0.462 e. The van der Waals surface area contributed by atoms with Crippen molar-refractivity contribution in [3.63, 3.8) is 0 Å². The fourth-order valence-electron chi connectivity index (χ4n) is 7.02. The molecule has 0 N–H and O–H groups in total. The van der Waals surface area contributed by atoms with Crippen molar-refractivity contribution in [1.29, 1.82) is 0 Å². The lowest BCUT2D eigenvalue weighted by atomic mass is 10.1. The van der Waals surface area contributed by atoms with Crippen LogP contribution in [0.3, 0.4) is 0 Å². The van der Waals surface area contributed by atoms with Gasteiger partial charge in [-0.1, -0.05) is 195 Å². The largest absolute Gasteiger partial charge is 0.462 e. The molecule has 0 aromatic heterocycles. The second-order valence-electron chi connectivity index (χ2n) is 17.4. The molecule has 0 spiro atoms. The summed E-state index contributed by atoms with van der Waals surface area (Å²) in [6, 6.07) is 0. The second kappa shape index (κ2) is 52.9. The lowest BCUT2D eigenvalue weighted by Crippen LogP contribution is -2.30. The lowest BCUT2D eigenvalue weighted by molar-refractivity contribution is -0.167. The highest BCUT2D eigenvalue weighted by Crippen LogP contribution is 2.13. The van der Waals surface area contributed by atoms with Crippen molar-refractivity contribution in [2.24, 2.45) is 0 Å². The molecule has 1 atom stereocenters. The summed E-state index contributed by atoms with van der Waals surface area (Å²) in [6.45, 7) is 6.42. The second-order valence-corrected chi connectivity index (χ2v) is 17.4. The molecule has 0 amide bonds. The Kier molecular flexibility index (Phi) is 50.0. The van der Waals surface area contributed by atoms with Crippen LogP contribution in [-0.2, 0) is 28.6 Å². The predicted octanol–water partition coefficient (Wildman–Crippen LogP) is 17.8. The van der Waals surface area contributed by atoms with Crippen molar-refractivity contribution >= 4 is 17.9 Å². The van der Waals surface area contributed by atoms with Gasteiger partial charge in [-0.25, -0.2) is 0 Å². The number of allylic oxidation sites excluding steroid dienone is 16. The molecule has 0 aliphatic rings. The summed E-state index contributed by atoms with van der Waals surface area (Å²) in [7, 11) is 0. The Balaban J connectivity index is 4.51. The van der Waals surface area contributed by atoms with Crippen LogP contribution in [0.2, 0.25) is 0 Å². The molecular weight excluding hydrogens is 805 g/mol. The number of carbonyl (C=O) groups is 3. The molecular formula is C59H98O6. The highest BCUT2D eigenvalue weighted by molar-refractivity contribution is 5.71. The normalized spacial score (nSPS) is 12.8. The van der Waals surface area contributed by atoms with E-state index in [1.807, 2.05) is 0 Å². The van der Waals surface area contributed by atoms with Crippen molar-refractivity contribution in [1.82, 2.24) is 0 Å². The third-order valence-electron chi connectivity index (χ3n) is 11.0. The first-order valence-electron chi connectivity index (χ1n) is 26.7. The van der Waals surface area contributed by atoms with Crippen molar-refractivity contribution < 1.29 is 28.6 Å². The van der Waals surface area contributed by atoms with Crippen LogP contribution in [0.5, 0.6) is 0 Å². The van der Waals surface area contributed by atoms with Gasteiger partial charge in [0.25, 0.3) is 0 Å². The Morgan fingerprint density at radius 1 is 0.323 bits per heavy atom. The van der Waals surface area contributed by atoms with Gasteiger partial charge in [0.15, 0.2) is 6.10 Å². The molecule has 0 saturated carbocycles. The summed E-state index contributed by atoms with van der Waals surface area (Å²) >= 11 is 0. The van der Waals surface area contributed by atoms with E-state index in [-0.39, 0.29) is 31.1 Å². The summed E-state index contributed by atoms with van der Waals surface area (Å²) < 4.78 is 16.8. The topological polar surface area (TPSA) is 78.9 Å². The fraction of sp³-hybridized carbons (Fsp3) is 0.678. The molecule has 6 heteroatoms. The smallest absolute Gasteiger partial charge is 0.306 e. The van der Waals surface area contributed by atoms with Crippen LogP contribution >= 0.6 is 0 Å². The molecule has 0 aliphatic carbocycles. The first kappa shape index (κ1) is 61.3. The van der Waals surface area contributed by atoms with E-state index in [0.29, 0.717) is 19.3 Å². The maximum Gasteiger partial charge on any atom is 0.306 e. The van der Waals surface area contributed by atoms with Gasteiger partial charge in [0.05, 0.1) is 0 Å². The van der Waals surface area contributed by atoms with E-state index in [9.17, 15) is 14.4 Å². The zero-order valence-corrected chi connectivity index (χ0v) is 42.2. The number of esters is 3. The molecule has 0 bridgehead atoms. The summed E-state index contributed by atoms with van der Waals surface area (Å²) in [5.74, 6) is -0.976. The Morgan fingerprint density at radius 3 is 0.969 bits per heavy atom.